The molecule has 0 bridgehead atoms. The largest absolute Gasteiger partial charge is 0.394 e. The molecule has 14 atom stereocenters. The lowest BCUT2D eigenvalue weighted by Gasteiger charge is -2.50. The van der Waals surface area contributed by atoms with Gasteiger partial charge in [0, 0.05) is 31.2 Å². The molecule has 0 aromatic heterocycles. The number of ether oxygens (including phenoxy) is 5. The van der Waals surface area contributed by atoms with Crippen LogP contribution in [0.5, 0.6) is 0 Å². The SMILES string of the molecule is CNC1C(O[C@H]2OC(CO)[C@@H](NC3CN(C)C3)CC2O)O[C@H]2CC(N)[C@@H](OC(O)[C@@H](N)CC(C)N)OC2C1O. The number of aliphatic hydroxyl groups is 4. The number of nitrogens with two attached hydrogens (primary N) is 3. The zero-order chi connectivity index (χ0) is 28.4. The van der Waals surface area contributed by atoms with E-state index in [1.54, 1.807) is 14.0 Å². The zero-order valence-corrected chi connectivity index (χ0v) is 22.9. The van der Waals surface area contributed by atoms with Crippen LogP contribution in [0, 0.1) is 0 Å². The predicted octanol–water partition coefficient (Wildman–Crippen LogP) is -4.74. The molecule has 4 fully saturated rings. The van der Waals surface area contributed by atoms with E-state index in [1.807, 2.05) is 7.05 Å². The van der Waals surface area contributed by atoms with Gasteiger partial charge >= 0.3 is 0 Å². The Hall–Kier alpha value is -0.600. The van der Waals surface area contributed by atoms with Crippen LogP contribution < -0.4 is 27.8 Å². The Balaban J connectivity index is 1.35. The van der Waals surface area contributed by atoms with Gasteiger partial charge in [-0.25, -0.2) is 0 Å². The minimum absolute atomic E-state index is 0.225. The molecule has 39 heavy (non-hydrogen) atoms. The monoisotopic (exact) mass is 564 g/mol. The number of likely N-dealkylation sites (tertiary alicyclic amines) is 1. The maximum absolute atomic E-state index is 11.2. The van der Waals surface area contributed by atoms with Crippen molar-refractivity contribution in [3.63, 3.8) is 0 Å². The topological polar surface area (TPSA) is 232 Å². The summed E-state index contributed by atoms with van der Waals surface area (Å²) in [5.74, 6) is 0. The summed E-state index contributed by atoms with van der Waals surface area (Å²) >= 11 is 0. The molecule has 0 radical (unpaired) electrons. The van der Waals surface area contributed by atoms with Crippen molar-refractivity contribution in [2.45, 2.75) is 118 Å². The van der Waals surface area contributed by atoms with Crippen LogP contribution in [0.2, 0.25) is 0 Å². The molecule has 0 amide bonds. The minimum atomic E-state index is -1.35. The van der Waals surface area contributed by atoms with E-state index >= 15 is 0 Å². The fourth-order valence-electron chi connectivity index (χ4n) is 5.84. The van der Waals surface area contributed by atoms with Crippen LogP contribution in [0.3, 0.4) is 0 Å². The predicted molar refractivity (Wildman–Crippen MR) is 138 cm³/mol. The lowest BCUT2D eigenvalue weighted by Crippen LogP contribution is -2.69. The van der Waals surface area contributed by atoms with Gasteiger partial charge < -0.3 is 76.8 Å². The summed E-state index contributed by atoms with van der Waals surface area (Å²) in [7, 11) is 3.66. The highest BCUT2D eigenvalue weighted by atomic mass is 16.8. The molecular weight excluding hydrogens is 516 g/mol. The van der Waals surface area contributed by atoms with Crippen LogP contribution in [-0.4, -0.2) is 151 Å². The Labute approximate surface area is 229 Å². The molecule has 4 aliphatic heterocycles. The van der Waals surface area contributed by atoms with Crippen molar-refractivity contribution < 1.29 is 44.1 Å². The first-order chi connectivity index (χ1) is 18.5. The Bertz CT molecular complexity index is 766. The Morgan fingerprint density at radius 3 is 2.41 bits per heavy atom. The molecule has 4 aliphatic rings. The molecule has 4 heterocycles. The van der Waals surface area contributed by atoms with E-state index in [4.69, 9.17) is 40.9 Å². The first-order valence-electron chi connectivity index (χ1n) is 13.8. The molecular formula is C24H48N6O9. The Morgan fingerprint density at radius 2 is 1.79 bits per heavy atom. The standard InChI is InChI=1S/C24H48N6O9/c1-10(25)4-12(26)21(34)38-22-13(27)5-16-20(37-22)19(33)18(28-2)24(35-16)39-23-15(32)6-14(17(9-31)36-23)29-11-7-30(3)8-11/h10-24,28-29,31-34H,4-9,25-27H2,1-3H3/t10?,12-,13?,14-,15?,16-,17?,18?,19?,20?,21?,22+,23+,24?/m0/s1. The van der Waals surface area contributed by atoms with E-state index in [0.717, 1.165) is 13.1 Å². The molecule has 15 heteroatoms. The first-order valence-corrected chi connectivity index (χ1v) is 13.8. The lowest BCUT2D eigenvalue weighted by molar-refractivity contribution is -0.370. The quantitative estimate of drug-likeness (QED) is 0.107. The first kappa shape index (κ1) is 31.3. The number of nitrogens with zero attached hydrogens (tertiary/aromatic N) is 1. The van der Waals surface area contributed by atoms with E-state index in [0.29, 0.717) is 12.8 Å². The summed E-state index contributed by atoms with van der Waals surface area (Å²) in [6.45, 7) is 3.31. The molecule has 228 valence electrons. The van der Waals surface area contributed by atoms with E-state index in [9.17, 15) is 20.4 Å². The summed E-state index contributed by atoms with van der Waals surface area (Å²) < 4.78 is 29.7. The molecule has 4 saturated heterocycles. The van der Waals surface area contributed by atoms with Crippen LogP contribution >= 0.6 is 0 Å². The highest BCUT2D eigenvalue weighted by Gasteiger charge is 2.52. The van der Waals surface area contributed by atoms with E-state index in [1.165, 1.54) is 0 Å². The van der Waals surface area contributed by atoms with Gasteiger partial charge in [0.15, 0.2) is 25.2 Å². The van der Waals surface area contributed by atoms with Crippen LogP contribution in [0.1, 0.15) is 26.2 Å². The molecule has 9 unspecified atom stereocenters. The summed E-state index contributed by atoms with van der Waals surface area (Å²) in [5.41, 5.74) is 18.0. The van der Waals surface area contributed by atoms with Gasteiger partial charge in [0.05, 0.1) is 36.9 Å². The van der Waals surface area contributed by atoms with Crippen molar-refractivity contribution in [1.29, 1.82) is 0 Å². The molecule has 0 aromatic carbocycles. The number of nitrogens with one attached hydrogen (secondary N) is 2. The van der Waals surface area contributed by atoms with Gasteiger partial charge in [0.2, 0.25) is 0 Å². The van der Waals surface area contributed by atoms with Crippen molar-refractivity contribution in [2.75, 3.05) is 33.8 Å². The number of aliphatic hydroxyl groups excluding tert-OH is 4. The van der Waals surface area contributed by atoms with Gasteiger partial charge in [-0.15, -0.1) is 0 Å². The van der Waals surface area contributed by atoms with Gasteiger partial charge in [0.25, 0.3) is 0 Å². The average molecular weight is 565 g/mol. The third-order valence-electron chi connectivity index (χ3n) is 7.96. The van der Waals surface area contributed by atoms with Crippen LogP contribution in [-0.2, 0) is 23.7 Å². The van der Waals surface area contributed by atoms with Crippen molar-refractivity contribution in [3.8, 4) is 0 Å². The van der Waals surface area contributed by atoms with E-state index in [-0.39, 0.29) is 31.2 Å². The lowest BCUT2D eigenvalue weighted by atomic mass is 9.90. The van der Waals surface area contributed by atoms with E-state index in [2.05, 4.69) is 15.5 Å². The maximum Gasteiger partial charge on any atom is 0.187 e. The third kappa shape index (κ3) is 7.43. The van der Waals surface area contributed by atoms with Crippen LogP contribution in [0.25, 0.3) is 0 Å². The van der Waals surface area contributed by atoms with Gasteiger partial charge in [-0.2, -0.15) is 0 Å². The summed E-state index contributed by atoms with van der Waals surface area (Å²) in [5, 5.41) is 48.8. The molecule has 4 rings (SSSR count). The number of hydrogen-bond acceptors (Lipinski definition) is 15. The van der Waals surface area contributed by atoms with Crippen molar-refractivity contribution in [3.05, 3.63) is 0 Å². The zero-order valence-electron chi connectivity index (χ0n) is 22.9. The molecule has 0 aromatic rings. The molecule has 12 N–H and O–H groups in total. The molecule has 0 aliphatic carbocycles. The highest BCUT2D eigenvalue weighted by molar-refractivity contribution is 4.99. The van der Waals surface area contributed by atoms with Gasteiger partial charge in [0.1, 0.15) is 18.3 Å². The van der Waals surface area contributed by atoms with Crippen molar-refractivity contribution in [1.82, 2.24) is 15.5 Å². The summed E-state index contributed by atoms with van der Waals surface area (Å²) in [4.78, 5) is 2.17. The molecule has 0 saturated carbocycles. The van der Waals surface area contributed by atoms with Crippen molar-refractivity contribution in [2.24, 2.45) is 17.2 Å². The Kier molecular flexibility index (Phi) is 10.9. The molecule has 0 spiro atoms. The fraction of sp³-hybridized carbons (Fsp3) is 1.00. The fourth-order valence-corrected chi connectivity index (χ4v) is 5.84. The summed E-state index contributed by atoms with van der Waals surface area (Å²) in [6, 6.07) is -2.36. The normalized spacial score (nSPS) is 44.3. The number of fused-ring (bicyclic) bond motifs is 1. The third-order valence-corrected chi connectivity index (χ3v) is 7.96. The second-order valence-electron chi connectivity index (χ2n) is 11.5. The van der Waals surface area contributed by atoms with Gasteiger partial charge in [-0.05, 0) is 40.3 Å². The number of likely N-dealkylation sites (N-methyl/N-ethyl adjacent to an activating group) is 2. The second-order valence-corrected chi connectivity index (χ2v) is 11.5. The second kappa shape index (κ2) is 13.6. The number of hydrogen-bond donors (Lipinski definition) is 9. The van der Waals surface area contributed by atoms with E-state index < -0.39 is 73.8 Å². The van der Waals surface area contributed by atoms with Crippen LogP contribution in [0.4, 0.5) is 0 Å². The highest BCUT2D eigenvalue weighted by Crippen LogP contribution is 2.34. The van der Waals surface area contributed by atoms with Gasteiger partial charge in [-0.1, -0.05) is 0 Å². The average Bonchev–Trinajstić information content (AvgIpc) is 2.85. The number of rotatable bonds is 11. The Morgan fingerprint density at radius 1 is 1.08 bits per heavy atom. The maximum atomic E-state index is 11.2. The smallest absolute Gasteiger partial charge is 0.187 e. The minimum Gasteiger partial charge on any atom is -0.394 e. The van der Waals surface area contributed by atoms with Gasteiger partial charge in [-0.3, -0.25) is 0 Å². The summed E-state index contributed by atoms with van der Waals surface area (Å²) in [6.07, 6.45) is -7.72. The van der Waals surface area contributed by atoms with Crippen LogP contribution in [0.15, 0.2) is 0 Å². The molecule has 15 nitrogen and oxygen atoms in total. The van der Waals surface area contributed by atoms with Crippen molar-refractivity contribution >= 4 is 0 Å².